The number of methoxy groups -OCH3 is 1. The van der Waals surface area contributed by atoms with Crippen molar-refractivity contribution in [3.05, 3.63) is 94.8 Å². The number of hydrogen-bond acceptors (Lipinski definition) is 9. The Morgan fingerprint density at radius 2 is 1.92 bits per heavy atom. The molecular formula is C27H22ClN7O2. The van der Waals surface area contributed by atoms with Gasteiger partial charge in [0, 0.05) is 54.0 Å². The third kappa shape index (κ3) is 5.06. The second kappa shape index (κ2) is 10.6. The van der Waals surface area contributed by atoms with Gasteiger partial charge in [-0.1, -0.05) is 30.4 Å². The topological polar surface area (TPSA) is 117 Å². The first-order valence-electron chi connectivity index (χ1n) is 11.6. The maximum Gasteiger partial charge on any atom is 0.316 e. The molecule has 37 heavy (non-hydrogen) atoms. The van der Waals surface area contributed by atoms with Crippen LogP contribution in [0.15, 0.2) is 78.4 Å². The van der Waals surface area contributed by atoms with E-state index in [4.69, 9.17) is 16.3 Å². The van der Waals surface area contributed by atoms with Gasteiger partial charge in [0.1, 0.15) is 17.5 Å². The Labute approximate surface area is 218 Å². The number of carbonyl (C=O) groups excluding carboxylic acids is 1. The number of benzene rings is 1. The van der Waals surface area contributed by atoms with Gasteiger partial charge in [0.15, 0.2) is 5.78 Å². The number of rotatable bonds is 7. The van der Waals surface area contributed by atoms with Crippen LogP contribution in [0.3, 0.4) is 0 Å². The standard InChI is InChI=1S/C27H22ClN7O2/c1-37-27-32-14-18(15-33-27)21-7-8-24(36)22-11-20(35(16-23(21)22)19-5-3-2-4-6-19)9-10-30-25-17(12-29)13-31-26(28)34-25/h2-7,11,13-16,20H,8-10H2,1H3,(H,30,31,34)/t20-/m0/s1. The van der Waals surface area contributed by atoms with Gasteiger partial charge in [-0.25, -0.2) is 15.0 Å². The van der Waals surface area contributed by atoms with Crippen molar-refractivity contribution in [1.29, 1.82) is 5.26 Å². The minimum absolute atomic E-state index is 0.0597. The smallest absolute Gasteiger partial charge is 0.316 e. The fourth-order valence-electron chi connectivity index (χ4n) is 4.38. The Hall–Kier alpha value is -4.55. The first-order chi connectivity index (χ1) is 18.1. The van der Waals surface area contributed by atoms with Crippen LogP contribution in [0.1, 0.15) is 24.0 Å². The van der Waals surface area contributed by atoms with E-state index in [1.54, 1.807) is 12.4 Å². The monoisotopic (exact) mass is 511 g/mol. The summed E-state index contributed by atoms with van der Waals surface area (Å²) in [5.74, 6) is 0.441. The summed E-state index contributed by atoms with van der Waals surface area (Å²) in [5.41, 5.74) is 4.51. The number of ketones is 1. The van der Waals surface area contributed by atoms with Crippen molar-refractivity contribution in [2.45, 2.75) is 18.9 Å². The normalized spacial score (nSPS) is 16.7. The van der Waals surface area contributed by atoms with Crippen LogP contribution in [0.5, 0.6) is 6.01 Å². The van der Waals surface area contributed by atoms with Gasteiger partial charge in [0.05, 0.1) is 19.3 Å². The van der Waals surface area contributed by atoms with Crippen molar-refractivity contribution in [3.63, 3.8) is 0 Å². The lowest BCUT2D eigenvalue weighted by Crippen LogP contribution is -2.36. The molecule has 9 nitrogen and oxygen atoms in total. The molecule has 1 N–H and O–H groups in total. The number of ether oxygens (including phenoxy) is 1. The van der Waals surface area contributed by atoms with Gasteiger partial charge in [-0.05, 0) is 35.7 Å². The van der Waals surface area contributed by atoms with Crippen molar-refractivity contribution >= 4 is 34.5 Å². The molecule has 0 radical (unpaired) electrons. The molecule has 0 saturated heterocycles. The molecule has 0 spiro atoms. The van der Waals surface area contributed by atoms with E-state index in [9.17, 15) is 10.1 Å². The summed E-state index contributed by atoms with van der Waals surface area (Å²) in [6.07, 6.45) is 11.7. The zero-order chi connectivity index (χ0) is 25.8. The van der Waals surface area contributed by atoms with Gasteiger partial charge in [-0.2, -0.15) is 10.2 Å². The predicted octanol–water partition coefficient (Wildman–Crippen LogP) is 4.36. The Morgan fingerprint density at radius 3 is 2.65 bits per heavy atom. The molecule has 2 aliphatic rings. The van der Waals surface area contributed by atoms with Gasteiger partial charge in [-0.3, -0.25) is 4.79 Å². The molecule has 1 aromatic carbocycles. The number of para-hydroxylation sites is 1. The lowest BCUT2D eigenvalue weighted by molar-refractivity contribution is -0.114. The molecule has 0 unspecified atom stereocenters. The third-order valence-corrected chi connectivity index (χ3v) is 6.33. The van der Waals surface area contributed by atoms with Crippen molar-refractivity contribution < 1.29 is 9.53 Å². The van der Waals surface area contributed by atoms with E-state index < -0.39 is 0 Å². The Kier molecular flexibility index (Phi) is 6.92. The highest BCUT2D eigenvalue weighted by Crippen LogP contribution is 2.39. The average Bonchev–Trinajstić information content (AvgIpc) is 2.94. The molecule has 5 rings (SSSR count). The number of anilines is 2. The van der Waals surface area contributed by atoms with Crippen molar-refractivity contribution in [3.8, 4) is 12.1 Å². The van der Waals surface area contributed by atoms with E-state index in [1.165, 1.54) is 13.3 Å². The highest BCUT2D eigenvalue weighted by molar-refractivity contribution is 6.28. The molecule has 1 atom stereocenters. The van der Waals surface area contributed by atoms with Crippen LogP contribution in [0.4, 0.5) is 11.5 Å². The number of hydrogen-bond donors (Lipinski definition) is 1. The highest BCUT2D eigenvalue weighted by atomic mass is 35.5. The van der Waals surface area contributed by atoms with Gasteiger partial charge in [0.25, 0.3) is 0 Å². The fourth-order valence-corrected chi connectivity index (χ4v) is 4.51. The van der Waals surface area contributed by atoms with Gasteiger partial charge >= 0.3 is 6.01 Å². The van der Waals surface area contributed by atoms with E-state index in [0.29, 0.717) is 36.3 Å². The minimum atomic E-state index is -0.119. The molecule has 0 amide bonds. The van der Waals surface area contributed by atoms with Crippen LogP contribution in [-0.4, -0.2) is 45.4 Å². The zero-order valence-electron chi connectivity index (χ0n) is 19.9. The van der Waals surface area contributed by atoms with Crippen LogP contribution in [0.2, 0.25) is 5.28 Å². The van der Waals surface area contributed by atoms with Crippen LogP contribution < -0.4 is 15.0 Å². The lowest BCUT2D eigenvalue weighted by atomic mass is 9.82. The summed E-state index contributed by atoms with van der Waals surface area (Å²) in [4.78, 5) is 31.6. The number of fused-ring (bicyclic) bond motifs is 1. The number of nitriles is 1. The van der Waals surface area contributed by atoms with E-state index in [2.05, 4.69) is 36.2 Å². The van der Waals surface area contributed by atoms with Gasteiger partial charge in [0.2, 0.25) is 5.28 Å². The van der Waals surface area contributed by atoms with Crippen molar-refractivity contribution in [1.82, 2.24) is 19.9 Å². The average molecular weight is 512 g/mol. The fraction of sp³-hybridized carbons (Fsp3) is 0.185. The molecule has 0 bridgehead atoms. The number of aromatic nitrogens is 4. The maximum atomic E-state index is 13.0. The predicted molar refractivity (Wildman–Crippen MR) is 140 cm³/mol. The second-order valence-corrected chi connectivity index (χ2v) is 8.70. The number of carbonyl (C=O) groups is 1. The first-order valence-corrected chi connectivity index (χ1v) is 12.0. The molecule has 2 aromatic heterocycles. The van der Waals surface area contributed by atoms with E-state index >= 15 is 0 Å². The van der Waals surface area contributed by atoms with Crippen LogP contribution in [-0.2, 0) is 4.79 Å². The summed E-state index contributed by atoms with van der Waals surface area (Å²) in [6.45, 7) is 0.492. The number of halogens is 1. The molecule has 10 heteroatoms. The lowest BCUT2D eigenvalue weighted by Gasteiger charge is -2.36. The first kappa shape index (κ1) is 24.2. The molecule has 3 heterocycles. The maximum absolute atomic E-state index is 13.0. The Morgan fingerprint density at radius 1 is 1.14 bits per heavy atom. The highest BCUT2D eigenvalue weighted by Gasteiger charge is 2.31. The number of Topliss-reactive ketones (excluding diaryl/α,β-unsaturated/α-hetero) is 1. The number of allylic oxidation sites excluding steroid dienone is 4. The molecule has 1 aliphatic carbocycles. The number of nitrogens with zero attached hydrogens (tertiary/aromatic N) is 6. The molecule has 3 aromatic rings. The van der Waals surface area contributed by atoms with Gasteiger partial charge in [-0.15, -0.1) is 0 Å². The largest absolute Gasteiger partial charge is 0.467 e. The molecule has 184 valence electrons. The summed E-state index contributed by atoms with van der Waals surface area (Å²) in [5, 5.41) is 12.6. The SMILES string of the molecule is COc1ncc(C2=CCC(=O)C3=C[C@H](CCNc4nc(Cl)ncc4C#N)N(c4ccccc4)C=C32)cn1. The summed E-state index contributed by atoms with van der Waals surface area (Å²) in [6, 6.07) is 12.2. The van der Waals surface area contributed by atoms with Crippen LogP contribution >= 0.6 is 11.6 Å². The quantitative estimate of drug-likeness (QED) is 0.461. The molecule has 0 saturated carbocycles. The van der Waals surface area contributed by atoms with E-state index in [-0.39, 0.29) is 23.1 Å². The summed E-state index contributed by atoms with van der Waals surface area (Å²) >= 11 is 5.92. The number of nitrogens with one attached hydrogen (secondary N) is 1. The molecule has 1 aliphatic heterocycles. The zero-order valence-corrected chi connectivity index (χ0v) is 20.7. The van der Waals surface area contributed by atoms with Crippen LogP contribution in [0, 0.1) is 11.3 Å². The third-order valence-electron chi connectivity index (χ3n) is 6.15. The minimum Gasteiger partial charge on any atom is -0.467 e. The Balaban J connectivity index is 1.46. The van der Waals surface area contributed by atoms with Crippen LogP contribution in [0.25, 0.3) is 5.57 Å². The molecular weight excluding hydrogens is 490 g/mol. The summed E-state index contributed by atoms with van der Waals surface area (Å²) < 4.78 is 5.09. The second-order valence-electron chi connectivity index (χ2n) is 8.37. The van der Waals surface area contributed by atoms with Crippen molar-refractivity contribution in [2.75, 3.05) is 23.9 Å². The van der Waals surface area contributed by atoms with Gasteiger partial charge < -0.3 is 15.0 Å². The van der Waals surface area contributed by atoms with E-state index in [1.807, 2.05) is 48.7 Å². The summed E-state index contributed by atoms with van der Waals surface area (Å²) in [7, 11) is 1.52. The van der Waals surface area contributed by atoms with Crippen molar-refractivity contribution in [2.24, 2.45) is 0 Å². The Bertz CT molecular complexity index is 1460. The van der Waals surface area contributed by atoms with E-state index in [0.717, 1.165) is 22.4 Å². The molecule has 0 fully saturated rings.